The lowest BCUT2D eigenvalue weighted by molar-refractivity contribution is 0.252. The van der Waals surface area contributed by atoms with Gasteiger partial charge in [0.05, 0.1) is 12.8 Å². The van der Waals surface area contributed by atoms with Crippen LogP contribution < -0.4 is 15.0 Å². The van der Waals surface area contributed by atoms with Gasteiger partial charge < -0.3 is 15.0 Å². The van der Waals surface area contributed by atoms with Crippen molar-refractivity contribution in [2.75, 3.05) is 25.1 Å². The van der Waals surface area contributed by atoms with Crippen LogP contribution in [0.3, 0.4) is 0 Å². The van der Waals surface area contributed by atoms with Gasteiger partial charge in [-0.25, -0.2) is 0 Å². The van der Waals surface area contributed by atoms with Crippen LogP contribution in [0.1, 0.15) is 39.2 Å². The fourth-order valence-electron chi connectivity index (χ4n) is 3.08. The molecule has 0 radical (unpaired) electrons. The van der Waals surface area contributed by atoms with Gasteiger partial charge >= 0.3 is 0 Å². The summed E-state index contributed by atoms with van der Waals surface area (Å²) >= 11 is 0. The van der Waals surface area contributed by atoms with Crippen LogP contribution in [0.4, 0.5) is 5.69 Å². The highest BCUT2D eigenvalue weighted by molar-refractivity contribution is 5.61. The number of ether oxygens (including phenoxy) is 1. The molecule has 3 heteroatoms. The van der Waals surface area contributed by atoms with Gasteiger partial charge in [0.1, 0.15) is 5.75 Å². The predicted molar refractivity (Wildman–Crippen MR) is 85.9 cm³/mol. The molecular weight excluding hydrogens is 248 g/mol. The highest BCUT2D eigenvalue weighted by Gasteiger charge is 2.36. The second kappa shape index (κ2) is 6.04. The van der Waals surface area contributed by atoms with E-state index in [1.165, 1.54) is 11.3 Å². The first-order chi connectivity index (χ1) is 9.55. The molecule has 1 saturated heterocycles. The number of aryl methyl sites for hydroxylation is 1. The molecule has 1 fully saturated rings. The molecule has 0 saturated carbocycles. The normalized spacial score (nSPS) is 21.9. The Morgan fingerprint density at radius 2 is 2.05 bits per heavy atom. The van der Waals surface area contributed by atoms with Crippen molar-refractivity contribution in [3.05, 3.63) is 23.8 Å². The second-order valence-electron chi connectivity index (χ2n) is 6.02. The molecular formula is C17H28N2O. The molecule has 1 N–H and O–H groups in total. The summed E-state index contributed by atoms with van der Waals surface area (Å²) < 4.78 is 5.58. The molecule has 112 valence electrons. The second-order valence-corrected chi connectivity index (χ2v) is 6.02. The predicted octanol–water partition coefficient (Wildman–Crippen LogP) is 3.36. The highest BCUT2D eigenvalue weighted by Crippen LogP contribution is 2.34. The minimum Gasteiger partial charge on any atom is -0.495 e. The van der Waals surface area contributed by atoms with Gasteiger partial charge in [-0.3, -0.25) is 0 Å². The van der Waals surface area contributed by atoms with E-state index in [1.54, 1.807) is 7.11 Å². The van der Waals surface area contributed by atoms with Crippen molar-refractivity contribution < 1.29 is 4.74 Å². The largest absolute Gasteiger partial charge is 0.495 e. The van der Waals surface area contributed by atoms with Crippen LogP contribution in [-0.2, 0) is 0 Å². The van der Waals surface area contributed by atoms with Gasteiger partial charge in [-0.1, -0.05) is 19.9 Å². The van der Waals surface area contributed by atoms with Crippen LogP contribution in [0.5, 0.6) is 5.75 Å². The maximum absolute atomic E-state index is 5.58. The van der Waals surface area contributed by atoms with E-state index in [9.17, 15) is 0 Å². The molecule has 1 atom stereocenters. The first-order valence-corrected chi connectivity index (χ1v) is 7.71. The Bertz CT molecular complexity index is 454. The van der Waals surface area contributed by atoms with Crippen LogP contribution in [0.2, 0.25) is 0 Å². The maximum Gasteiger partial charge on any atom is 0.142 e. The molecule has 0 amide bonds. The molecule has 0 bridgehead atoms. The molecule has 0 spiro atoms. The van der Waals surface area contributed by atoms with E-state index in [2.05, 4.69) is 56.1 Å². The summed E-state index contributed by atoms with van der Waals surface area (Å²) in [5, 5.41) is 3.75. The SMILES string of the molecule is CCC1(CC)CN(c2cc(C)ccc2OC)C(C)CN1. The smallest absolute Gasteiger partial charge is 0.142 e. The first-order valence-electron chi connectivity index (χ1n) is 7.71. The van der Waals surface area contributed by atoms with Crippen molar-refractivity contribution in [1.82, 2.24) is 5.32 Å². The van der Waals surface area contributed by atoms with Gasteiger partial charge in [-0.05, 0) is 44.4 Å². The van der Waals surface area contributed by atoms with E-state index in [1.807, 2.05) is 0 Å². The molecule has 1 aliphatic rings. The summed E-state index contributed by atoms with van der Waals surface area (Å²) in [4.78, 5) is 2.51. The van der Waals surface area contributed by atoms with Crippen molar-refractivity contribution >= 4 is 5.69 Å². The molecule has 1 unspecified atom stereocenters. The molecule has 0 aromatic heterocycles. The fourth-order valence-corrected chi connectivity index (χ4v) is 3.08. The van der Waals surface area contributed by atoms with E-state index in [4.69, 9.17) is 4.74 Å². The Labute approximate surface area is 123 Å². The summed E-state index contributed by atoms with van der Waals surface area (Å²) in [5.74, 6) is 0.977. The van der Waals surface area contributed by atoms with Crippen molar-refractivity contribution in [2.24, 2.45) is 0 Å². The van der Waals surface area contributed by atoms with Crippen molar-refractivity contribution in [2.45, 2.75) is 52.1 Å². The van der Waals surface area contributed by atoms with Gasteiger partial charge in [-0.15, -0.1) is 0 Å². The number of nitrogens with one attached hydrogen (secondary N) is 1. The van der Waals surface area contributed by atoms with Gasteiger partial charge in [0.25, 0.3) is 0 Å². The van der Waals surface area contributed by atoms with Crippen LogP contribution >= 0.6 is 0 Å². The minimum atomic E-state index is 0.223. The summed E-state index contributed by atoms with van der Waals surface area (Å²) in [6.07, 6.45) is 2.31. The van der Waals surface area contributed by atoms with Gasteiger partial charge in [0.15, 0.2) is 0 Å². The third-order valence-electron chi connectivity index (χ3n) is 4.77. The number of benzene rings is 1. The maximum atomic E-state index is 5.58. The van der Waals surface area contributed by atoms with E-state index in [0.29, 0.717) is 6.04 Å². The van der Waals surface area contributed by atoms with Crippen LogP contribution in [-0.4, -0.2) is 31.8 Å². The Hall–Kier alpha value is -1.22. The summed E-state index contributed by atoms with van der Waals surface area (Å²) in [6.45, 7) is 11.0. The Morgan fingerprint density at radius 3 is 2.65 bits per heavy atom. The summed E-state index contributed by atoms with van der Waals surface area (Å²) in [7, 11) is 1.76. The van der Waals surface area contributed by atoms with Gasteiger partial charge in [0.2, 0.25) is 0 Å². The quantitative estimate of drug-likeness (QED) is 0.912. The molecule has 0 aliphatic carbocycles. The van der Waals surface area contributed by atoms with Gasteiger partial charge in [-0.2, -0.15) is 0 Å². The highest BCUT2D eigenvalue weighted by atomic mass is 16.5. The molecule has 1 aromatic rings. The summed E-state index contributed by atoms with van der Waals surface area (Å²) in [5.41, 5.74) is 2.74. The Balaban J connectivity index is 2.36. The average Bonchev–Trinajstić information content (AvgIpc) is 2.48. The van der Waals surface area contributed by atoms with Crippen LogP contribution in [0, 0.1) is 6.92 Å². The molecule has 3 nitrogen and oxygen atoms in total. The number of hydrogen-bond acceptors (Lipinski definition) is 3. The number of anilines is 1. The van der Waals surface area contributed by atoms with Crippen LogP contribution in [0.15, 0.2) is 18.2 Å². The number of piperazine rings is 1. The lowest BCUT2D eigenvalue weighted by atomic mass is 9.88. The molecule has 20 heavy (non-hydrogen) atoms. The van der Waals surface area contributed by atoms with E-state index < -0.39 is 0 Å². The molecule has 1 heterocycles. The van der Waals surface area contributed by atoms with Gasteiger partial charge in [0, 0.05) is 24.7 Å². The van der Waals surface area contributed by atoms with Crippen LogP contribution in [0.25, 0.3) is 0 Å². The Kier molecular flexibility index (Phi) is 4.59. The minimum absolute atomic E-state index is 0.223. The van der Waals surface area contributed by atoms with E-state index >= 15 is 0 Å². The lowest BCUT2D eigenvalue weighted by Crippen LogP contribution is -2.63. The van der Waals surface area contributed by atoms with Crippen molar-refractivity contribution in [3.8, 4) is 5.75 Å². The first kappa shape index (κ1) is 15.2. The zero-order valence-corrected chi connectivity index (χ0v) is 13.5. The topological polar surface area (TPSA) is 24.5 Å². The molecule has 1 aliphatic heterocycles. The number of methoxy groups -OCH3 is 1. The Morgan fingerprint density at radius 1 is 1.35 bits per heavy atom. The zero-order chi connectivity index (χ0) is 14.8. The van der Waals surface area contributed by atoms with Crippen molar-refractivity contribution in [1.29, 1.82) is 0 Å². The average molecular weight is 276 g/mol. The number of rotatable bonds is 4. The number of nitrogens with zero attached hydrogens (tertiary/aromatic N) is 1. The molecule has 1 aromatic carbocycles. The fraction of sp³-hybridized carbons (Fsp3) is 0.647. The van der Waals surface area contributed by atoms with E-state index in [-0.39, 0.29) is 5.54 Å². The zero-order valence-electron chi connectivity index (χ0n) is 13.5. The molecule has 2 rings (SSSR count). The number of hydrogen-bond donors (Lipinski definition) is 1. The lowest BCUT2D eigenvalue weighted by Gasteiger charge is -2.48. The third kappa shape index (κ3) is 2.78. The summed E-state index contributed by atoms with van der Waals surface area (Å²) in [6, 6.07) is 6.93. The van der Waals surface area contributed by atoms with Crippen molar-refractivity contribution in [3.63, 3.8) is 0 Å². The van der Waals surface area contributed by atoms with E-state index in [0.717, 1.165) is 31.7 Å². The third-order valence-corrected chi connectivity index (χ3v) is 4.77. The monoisotopic (exact) mass is 276 g/mol. The standard InChI is InChI=1S/C17H28N2O/c1-6-17(7-2)12-19(14(4)11-18-17)15-10-13(3)8-9-16(15)20-5/h8-10,14,18H,6-7,11-12H2,1-5H3.